The number of H-pyrrole nitrogens is 1. The molecule has 0 atom stereocenters. The number of carboxylic acid groups (broad SMARTS) is 1. The van der Waals surface area contributed by atoms with E-state index in [-0.39, 0.29) is 6.42 Å². The molecular formula is C18H15Cl2NO2. The standard InChI is InChI=1S/C18H15Cl2NO2/c1-9-5-10(2)17-12(6-9)13(8-16(22)23)18(21-17)11-3-4-14(19)15(20)7-11/h3-7,21H,8H2,1-2H3,(H,22,23). The van der Waals surface area contributed by atoms with Crippen LogP contribution >= 0.6 is 23.2 Å². The first-order valence-electron chi connectivity index (χ1n) is 7.16. The van der Waals surface area contributed by atoms with Crippen LogP contribution in [0.4, 0.5) is 0 Å². The van der Waals surface area contributed by atoms with E-state index in [0.717, 1.165) is 38.9 Å². The van der Waals surface area contributed by atoms with Gasteiger partial charge >= 0.3 is 5.97 Å². The number of aromatic nitrogens is 1. The van der Waals surface area contributed by atoms with Gasteiger partial charge in [0, 0.05) is 10.9 Å². The SMILES string of the molecule is Cc1cc(C)c2[nH]c(-c3ccc(Cl)c(Cl)c3)c(CC(=O)O)c2c1. The number of nitrogens with one attached hydrogen (secondary N) is 1. The summed E-state index contributed by atoms with van der Waals surface area (Å²) in [5.74, 6) is -0.869. The number of rotatable bonds is 3. The predicted molar refractivity (Wildman–Crippen MR) is 94.6 cm³/mol. The molecule has 0 saturated carbocycles. The summed E-state index contributed by atoms with van der Waals surface area (Å²) in [7, 11) is 0. The van der Waals surface area contributed by atoms with Crippen molar-refractivity contribution in [2.45, 2.75) is 20.3 Å². The molecule has 0 aliphatic rings. The molecule has 3 aromatic rings. The molecule has 0 aliphatic carbocycles. The van der Waals surface area contributed by atoms with Gasteiger partial charge in [-0.1, -0.05) is 40.9 Å². The summed E-state index contributed by atoms with van der Waals surface area (Å²) in [5.41, 5.74) is 5.49. The van der Waals surface area contributed by atoms with Crippen molar-refractivity contribution in [2.75, 3.05) is 0 Å². The molecule has 0 saturated heterocycles. The number of carboxylic acids is 1. The highest BCUT2D eigenvalue weighted by atomic mass is 35.5. The smallest absolute Gasteiger partial charge is 0.307 e. The zero-order chi connectivity index (χ0) is 16.7. The quantitative estimate of drug-likeness (QED) is 0.667. The molecule has 2 aromatic carbocycles. The third kappa shape index (κ3) is 2.94. The summed E-state index contributed by atoms with van der Waals surface area (Å²) in [6, 6.07) is 9.39. The maximum Gasteiger partial charge on any atom is 0.307 e. The fourth-order valence-corrected chi connectivity index (χ4v) is 3.24. The minimum absolute atomic E-state index is 0.0571. The Hall–Kier alpha value is -1.97. The molecule has 118 valence electrons. The summed E-state index contributed by atoms with van der Waals surface area (Å²) in [6.07, 6.45) is -0.0571. The van der Waals surface area contributed by atoms with E-state index in [0.29, 0.717) is 10.0 Å². The molecule has 0 fully saturated rings. The molecule has 23 heavy (non-hydrogen) atoms. The van der Waals surface area contributed by atoms with Crippen molar-refractivity contribution in [1.29, 1.82) is 0 Å². The second-order valence-corrected chi connectivity index (χ2v) is 6.50. The van der Waals surface area contributed by atoms with E-state index in [1.807, 2.05) is 26.0 Å². The number of benzene rings is 2. The Morgan fingerprint density at radius 2 is 1.87 bits per heavy atom. The van der Waals surface area contributed by atoms with Gasteiger partial charge in [0.1, 0.15) is 0 Å². The minimum Gasteiger partial charge on any atom is -0.481 e. The van der Waals surface area contributed by atoms with Gasteiger partial charge in [-0.05, 0) is 48.7 Å². The lowest BCUT2D eigenvalue weighted by atomic mass is 10.0. The normalized spacial score (nSPS) is 11.1. The van der Waals surface area contributed by atoms with E-state index in [1.54, 1.807) is 12.1 Å². The van der Waals surface area contributed by atoms with Gasteiger partial charge in [0.2, 0.25) is 0 Å². The Morgan fingerprint density at radius 3 is 2.52 bits per heavy atom. The van der Waals surface area contributed by atoms with Gasteiger partial charge in [-0.3, -0.25) is 4.79 Å². The van der Waals surface area contributed by atoms with Gasteiger partial charge in [-0.15, -0.1) is 0 Å². The number of aliphatic carboxylic acids is 1. The van der Waals surface area contributed by atoms with Crippen molar-refractivity contribution in [3.05, 3.63) is 57.1 Å². The number of aromatic amines is 1. The van der Waals surface area contributed by atoms with E-state index >= 15 is 0 Å². The van der Waals surface area contributed by atoms with Crippen LogP contribution in [-0.4, -0.2) is 16.1 Å². The highest BCUT2D eigenvalue weighted by molar-refractivity contribution is 6.42. The molecule has 3 rings (SSSR count). The second-order valence-electron chi connectivity index (χ2n) is 5.68. The molecule has 5 heteroatoms. The molecule has 0 amide bonds. The van der Waals surface area contributed by atoms with Crippen LogP contribution in [0.25, 0.3) is 22.2 Å². The number of hydrogen-bond donors (Lipinski definition) is 2. The Balaban J connectivity index is 2.32. The first-order chi connectivity index (χ1) is 10.9. The molecular weight excluding hydrogens is 333 g/mol. The molecule has 2 N–H and O–H groups in total. The largest absolute Gasteiger partial charge is 0.481 e. The second kappa shape index (κ2) is 5.91. The first-order valence-corrected chi connectivity index (χ1v) is 7.91. The van der Waals surface area contributed by atoms with Gasteiger partial charge in [-0.25, -0.2) is 0 Å². The zero-order valence-corrected chi connectivity index (χ0v) is 14.2. The zero-order valence-electron chi connectivity index (χ0n) is 12.7. The van der Waals surface area contributed by atoms with E-state index in [1.165, 1.54) is 0 Å². The monoisotopic (exact) mass is 347 g/mol. The predicted octanol–water partition coefficient (Wildman–Crippen LogP) is 5.39. The van der Waals surface area contributed by atoms with Crippen LogP contribution in [0.5, 0.6) is 0 Å². The Labute approximate surface area is 143 Å². The van der Waals surface area contributed by atoms with Crippen LogP contribution in [0.15, 0.2) is 30.3 Å². The van der Waals surface area contributed by atoms with Crippen LogP contribution in [0.2, 0.25) is 10.0 Å². The van der Waals surface area contributed by atoms with Gasteiger partial charge in [0.25, 0.3) is 0 Å². The molecule has 1 heterocycles. The Kier molecular flexibility index (Phi) is 4.09. The topological polar surface area (TPSA) is 53.1 Å². The van der Waals surface area contributed by atoms with E-state index in [9.17, 15) is 9.90 Å². The number of fused-ring (bicyclic) bond motifs is 1. The maximum atomic E-state index is 11.3. The fourth-order valence-electron chi connectivity index (χ4n) is 2.94. The van der Waals surface area contributed by atoms with Gasteiger partial charge < -0.3 is 10.1 Å². The van der Waals surface area contributed by atoms with Crippen molar-refractivity contribution in [1.82, 2.24) is 4.98 Å². The van der Waals surface area contributed by atoms with Crippen molar-refractivity contribution in [3.8, 4) is 11.3 Å². The van der Waals surface area contributed by atoms with Crippen molar-refractivity contribution >= 4 is 40.1 Å². The minimum atomic E-state index is -0.869. The van der Waals surface area contributed by atoms with E-state index in [4.69, 9.17) is 23.2 Å². The van der Waals surface area contributed by atoms with Crippen LogP contribution in [-0.2, 0) is 11.2 Å². The number of carbonyl (C=O) groups is 1. The Morgan fingerprint density at radius 1 is 1.13 bits per heavy atom. The molecule has 3 nitrogen and oxygen atoms in total. The molecule has 1 aromatic heterocycles. The first kappa shape index (κ1) is 15.9. The number of aryl methyl sites for hydroxylation is 2. The third-order valence-electron chi connectivity index (χ3n) is 3.89. The summed E-state index contributed by atoms with van der Waals surface area (Å²) in [4.78, 5) is 14.7. The lowest BCUT2D eigenvalue weighted by molar-refractivity contribution is -0.136. The molecule has 0 radical (unpaired) electrons. The fraction of sp³-hybridized carbons (Fsp3) is 0.167. The summed E-state index contributed by atoms with van der Waals surface area (Å²) in [5, 5.41) is 11.1. The van der Waals surface area contributed by atoms with Crippen molar-refractivity contribution in [3.63, 3.8) is 0 Å². The van der Waals surface area contributed by atoms with Crippen LogP contribution in [0.3, 0.4) is 0 Å². The van der Waals surface area contributed by atoms with E-state index in [2.05, 4.69) is 11.1 Å². The maximum absolute atomic E-state index is 11.3. The summed E-state index contributed by atoms with van der Waals surface area (Å²) >= 11 is 12.1. The lowest BCUT2D eigenvalue weighted by Crippen LogP contribution is -2.01. The number of hydrogen-bond acceptors (Lipinski definition) is 1. The van der Waals surface area contributed by atoms with Crippen molar-refractivity contribution < 1.29 is 9.90 Å². The summed E-state index contributed by atoms with van der Waals surface area (Å²) in [6.45, 7) is 4.01. The lowest BCUT2D eigenvalue weighted by Gasteiger charge is -2.05. The Bertz CT molecular complexity index is 928. The van der Waals surface area contributed by atoms with E-state index < -0.39 is 5.97 Å². The average Bonchev–Trinajstić information content (AvgIpc) is 2.80. The molecule has 0 bridgehead atoms. The third-order valence-corrected chi connectivity index (χ3v) is 4.63. The van der Waals surface area contributed by atoms with Crippen LogP contribution in [0.1, 0.15) is 16.7 Å². The van der Waals surface area contributed by atoms with Gasteiger partial charge in [0.05, 0.1) is 22.2 Å². The van der Waals surface area contributed by atoms with Crippen molar-refractivity contribution in [2.24, 2.45) is 0 Å². The highest BCUT2D eigenvalue weighted by Gasteiger charge is 2.18. The van der Waals surface area contributed by atoms with Gasteiger partial charge in [-0.2, -0.15) is 0 Å². The van der Waals surface area contributed by atoms with Crippen LogP contribution < -0.4 is 0 Å². The molecule has 0 unspecified atom stereocenters. The van der Waals surface area contributed by atoms with Crippen LogP contribution in [0, 0.1) is 13.8 Å². The highest BCUT2D eigenvalue weighted by Crippen LogP contribution is 2.35. The molecule has 0 aliphatic heterocycles. The molecule has 0 spiro atoms. The number of halogens is 2. The van der Waals surface area contributed by atoms with Gasteiger partial charge in [0.15, 0.2) is 0 Å². The average molecular weight is 348 g/mol. The summed E-state index contributed by atoms with van der Waals surface area (Å²) < 4.78 is 0.